The maximum Gasteiger partial charge on any atom is 0.222 e. The highest BCUT2D eigenvalue weighted by atomic mass is 32.2. The van der Waals surface area contributed by atoms with E-state index in [4.69, 9.17) is 0 Å². The van der Waals surface area contributed by atoms with Crippen LogP contribution in [0.1, 0.15) is 43.7 Å². The van der Waals surface area contributed by atoms with Crippen LogP contribution in [0.2, 0.25) is 0 Å². The van der Waals surface area contributed by atoms with E-state index in [-0.39, 0.29) is 29.9 Å². The van der Waals surface area contributed by atoms with Crippen molar-refractivity contribution in [3.8, 4) is 0 Å². The van der Waals surface area contributed by atoms with E-state index in [9.17, 15) is 13.2 Å². The Kier molecular flexibility index (Phi) is 8.76. The predicted octanol–water partition coefficient (Wildman–Crippen LogP) is 1.52. The minimum absolute atomic E-state index is 0.0496. The third-order valence-electron chi connectivity index (χ3n) is 4.61. The molecule has 2 rings (SSSR count). The summed E-state index contributed by atoms with van der Waals surface area (Å²) in [7, 11) is -2.98. The molecule has 1 heterocycles. The monoisotopic (exact) mass is 408 g/mol. The molecule has 1 atom stereocenters. The minimum Gasteiger partial charge on any atom is -0.356 e. The van der Waals surface area contributed by atoms with Gasteiger partial charge in [-0.1, -0.05) is 43.2 Å². The zero-order valence-electron chi connectivity index (χ0n) is 16.8. The first kappa shape index (κ1) is 22.2. The lowest BCUT2D eigenvalue weighted by atomic mass is 10.1. The molecule has 3 N–H and O–H groups in total. The van der Waals surface area contributed by atoms with Gasteiger partial charge in [0.05, 0.1) is 18.1 Å². The van der Waals surface area contributed by atoms with Crippen LogP contribution in [0.5, 0.6) is 0 Å². The molecule has 1 aliphatic rings. The maximum absolute atomic E-state index is 12.1. The van der Waals surface area contributed by atoms with Gasteiger partial charge in [0.2, 0.25) is 5.91 Å². The van der Waals surface area contributed by atoms with Crippen LogP contribution in [0.15, 0.2) is 29.3 Å². The van der Waals surface area contributed by atoms with Crippen molar-refractivity contribution in [2.24, 2.45) is 4.99 Å². The van der Waals surface area contributed by atoms with Crippen molar-refractivity contribution in [2.75, 3.05) is 24.6 Å². The third-order valence-corrected chi connectivity index (χ3v) is 6.37. The number of nitrogens with zero attached hydrogens (tertiary/aromatic N) is 1. The third kappa shape index (κ3) is 8.29. The van der Waals surface area contributed by atoms with E-state index in [1.807, 2.05) is 0 Å². The van der Waals surface area contributed by atoms with Crippen molar-refractivity contribution >= 4 is 21.7 Å². The van der Waals surface area contributed by atoms with E-state index >= 15 is 0 Å². The summed E-state index contributed by atoms with van der Waals surface area (Å²) in [6.45, 7) is 6.01. The highest BCUT2D eigenvalue weighted by Crippen LogP contribution is 2.11. The van der Waals surface area contributed by atoms with Gasteiger partial charge in [-0.3, -0.25) is 4.79 Å². The van der Waals surface area contributed by atoms with Crippen molar-refractivity contribution in [1.82, 2.24) is 16.0 Å². The molecule has 156 valence electrons. The van der Waals surface area contributed by atoms with Crippen molar-refractivity contribution in [1.29, 1.82) is 0 Å². The summed E-state index contributed by atoms with van der Waals surface area (Å²) in [6.07, 6.45) is 2.91. The smallest absolute Gasteiger partial charge is 0.222 e. The van der Waals surface area contributed by atoms with Gasteiger partial charge in [-0.25, -0.2) is 13.4 Å². The Balaban J connectivity index is 1.79. The van der Waals surface area contributed by atoms with Gasteiger partial charge in [0.1, 0.15) is 0 Å². The SMILES string of the molecule is CCCCNC(=NCc1ccc(C)cc1)NCCC(=O)NC1CCS(=O)(=O)C1. The number of aliphatic imine (C=N–C) groups is 1. The van der Waals surface area contributed by atoms with E-state index in [0.29, 0.717) is 25.5 Å². The summed E-state index contributed by atoms with van der Waals surface area (Å²) in [5.74, 6) is 0.757. The van der Waals surface area contributed by atoms with Crippen LogP contribution in [-0.2, 0) is 21.2 Å². The standard InChI is InChI=1S/C20H32N4O3S/c1-3-4-11-21-20(23-14-17-7-5-16(2)6-8-17)22-12-9-19(25)24-18-10-13-28(26,27)15-18/h5-8,18H,3-4,9-15H2,1-2H3,(H,24,25)(H2,21,22,23). The summed E-state index contributed by atoms with van der Waals surface area (Å²) in [4.78, 5) is 16.7. The van der Waals surface area contributed by atoms with Crippen molar-refractivity contribution < 1.29 is 13.2 Å². The first-order valence-corrected chi connectivity index (χ1v) is 11.8. The van der Waals surface area contributed by atoms with Gasteiger partial charge in [0.25, 0.3) is 0 Å². The fraction of sp³-hybridized carbons (Fsp3) is 0.600. The van der Waals surface area contributed by atoms with Crippen molar-refractivity contribution in [3.05, 3.63) is 35.4 Å². The molecule has 1 aliphatic heterocycles. The first-order chi connectivity index (χ1) is 13.4. The lowest BCUT2D eigenvalue weighted by Crippen LogP contribution is -2.41. The number of amides is 1. The molecule has 1 aromatic carbocycles. The molecule has 0 saturated carbocycles. The van der Waals surface area contributed by atoms with Crippen LogP contribution in [0, 0.1) is 6.92 Å². The topological polar surface area (TPSA) is 99.7 Å². The molecule has 0 spiro atoms. The summed E-state index contributed by atoms with van der Waals surface area (Å²) in [5.41, 5.74) is 2.34. The van der Waals surface area contributed by atoms with Crippen LogP contribution < -0.4 is 16.0 Å². The molecule has 0 aromatic heterocycles. The number of unbranched alkanes of at least 4 members (excludes halogenated alkanes) is 1. The lowest BCUT2D eigenvalue weighted by Gasteiger charge is -2.14. The maximum atomic E-state index is 12.1. The molecule has 7 nitrogen and oxygen atoms in total. The number of hydrogen-bond donors (Lipinski definition) is 3. The highest BCUT2D eigenvalue weighted by molar-refractivity contribution is 7.91. The van der Waals surface area contributed by atoms with Gasteiger partial charge in [-0.05, 0) is 25.3 Å². The number of hydrogen-bond acceptors (Lipinski definition) is 4. The second-order valence-electron chi connectivity index (χ2n) is 7.28. The Morgan fingerprint density at radius 3 is 2.54 bits per heavy atom. The van der Waals surface area contributed by atoms with E-state index in [1.54, 1.807) is 0 Å². The van der Waals surface area contributed by atoms with Gasteiger partial charge in [0.15, 0.2) is 15.8 Å². The largest absolute Gasteiger partial charge is 0.356 e. The Morgan fingerprint density at radius 2 is 1.89 bits per heavy atom. The normalized spacial score (nSPS) is 18.6. The fourth-order valence-corrected chi connectivity index (χ4v) is 4.60. The molecule has 0 radical (unpaired) electrons. The molecule has 0 bridgehead atoms. The number of aryl methyl sites for hydroxylation is 1. The summed E-state index contributed by atoms with van der Waals surface area (Å²) in [5, 5.41) is 9.29. The van der Waals surface area contributed by atoms with Crippen molar-refractivity contribution in [2.45, 2.75) is 52.1 Å². The summed E-state index contributed by atoms with van der Waals surface area (Å²) in [6, 6.07) is 8.00. The van der Waals surface area contributed by atoms with Crippen LogP contribution in [0.4, 0.5) is 0 Å². The Hall–Kier alpha value is -2.09. The number of carbonyl (C=O) groups excluding carboxylic acids is 1. The van der Waals surface area contributed by atoms with E-state index in [0.717, 1.165) is 24.9 Å². The number of guanidine groups is 1. The Labute approximate surface area is 168 Å². The molecule has 1 aromatic rings. The average Bonchev–Trinajstić information content (AvgIpc) is 2.99. The zero-order chi connectivity index (χ0) is 20.4. The van der Waals surface area contributed by atoms with E-state index in [2.05, 4.69) is 59.1 Å². The summed E-state index contributed by atoms with van der Waals surface area (Å²) >= 11 is 0. The first-order valence-electron chi connectivity index (χ1n) is 9.95. The average molecular weight is 409 g/mol. The van der Waals surface area contributed by atoms with Gasteiger partial charge >= 0.3 is 0 Å². The van der Waals surface area contributed by atoms with Crippen LogP contribution in [0.25, 0.3) is 0 Å². The lowest BCUT2D eigenvalue weighted by molar-refractivity contribution is -0.121. The molecule has 28 heavy (non-hydrogen) atoms. The zero-order valence-corrected chi connectivity index (χ0v) is 17.6. The number of benzene rings is 1. The predicted molar refractivity (Wildman–Crippen MR) is 113 cm³/mol. The second-order valence-corrected chi connectivity index (χ2v) is 9.50. The van der Waals surface area contributed by atoms with Gasteiger partial charge in [-0.15, -0.1) is 0 Å². The fourth-order valence-electron chi connectivity index (χ4n) is 2.92. The summed E-state index contributed by atoms with van der Waals surface area (Å²) < 4.78 is 22.9. The minimum atomic E-state index is -2.98. The van der Waals surface area contributed by atoms with E-state index < -0.39 is 9.84 Å². The molecule has 0 aliphatic carbocycles. The van der Waals surface area contributed by atoms with Crippen molar-refractivity contribution in [3.63, 3.8) is 0 Å². The molecule has 1 amide bonds. The number of sulfone groups is 1. The number of carbonyl (C=O) groups is 1. The van der Waals surface area contributed by atoms with Crippen LogP contribution in [-0.4, -0.2) is 50.9 Å². The molecule has 1 fully saturated rings. The molecular formula is C20H32N4O3S. The van der Waals surface area contributed by atoms with E-state index in [1.165, 1.54) is 5.56 Å². The molecule has 1 unspecified atom stereocenters. The number of nitrogens with one attached hydrogen (secondary N) is 3. The molecular weight excluding hydrogens is 376 g/mol. The second kappa shape index (κ2) is 11.0. The highest BCUT2D eigenvalue weighted by Gasteiger charge is 2.28. The molecule has 8 heteroatoms. The van der Waals surface area contributed by atoms with Crippen LogP contribution in [0.3, 0.4) is 0 Å². The molecule has 1 saturated heterocycles. The van der Waals surface area contributed by atoms with Crippen LogP contribution >= 0.6 is 0 Å². The Morgan fingerprint density at radius 1 is 1.18 bits per heavy atom. The Bertz CT molecular complexity index is 760. The van der Waals surface area contributed by atoms with Gasteiger partial charge < -0.3 is 16.0 Å². The quantitative estimate of drug-likeness (QED) is 0.327. The van der Waals surface area contributed by atoms with Gasteiger partial charge in [0, 0.05) is 25.6 Å². The van der Waals surface area contributed by atoms with Gasteiger partial charge in [-0.2, -0.15) is 0 Å². The number of rotatable bonds is 9.